The minimum absolute atomic E-state index is 0.0831. The zero-order valence-electron chi connectivity index (χ0n) is 13.8. The molecule has 0 unspecified atom stereocenters. The summed E-state index contributed by atoms with van der Waals surface area (Å²) >= 11 is 6.00. The average molecular weight is 347 g/mol. The van der Waals surface area contributed by atoms with Crippen LogP contribution in [0.3, 0.4) is 0 Å². The fourth-order valence-corrected chi connectivity index (χ4v) is 2.40. The van der Waals surface area contributed by atoms with Crippen LogP contribution in [0.4, 0.5) is 5.69 Å². The van der Waals surface area contributed by atoms with Crippen LogP contribution in [0.15, 0.2) is 42.5 Å². The van der Waals surface area contributed by atoms with Gasteiger partial charge in [0.1, 0.15) is 5.75 Å². The lowest BCUT2D eigenvalue weighted by atomic mass is 10.1. The predicted octanol–water partition coefficient (Wildman–Crippen LogP) is 3.37. The first-order valence-electron chi connectivity index (χ1n) is 7.37. The molecular weight excluding hydrogens is 328 g/mol. The highest BCUT2D eigenvalue weighted by Crippen LogP contribution is 2.21. The van der Waals surface area contributed by atoms with Crippen molar-refractivity contribution in [2.45, 2.75) is 6.92 Å². The zero-order chi connectivity index (χ0) is 17.7. The second-order valence-corrected chi connectivity index (χ2v) is 5.78. The van der Waals surface area contributed by atoms with E-state index in [1.165, 1.54) is 4.90 Å². The summed E-state index contributed by atoms with van der Waals surface area (Å²) < 4.78 is 5.22. The maximum Gasteiger partial charge on any atom is 0.254 e. The van der Waals surface area contributed by atoms with Gasteiger partial charge < -0.3 is 15.0 Å². The van der Waals surface area contributed by atoms with Gasteiger partial charge in [0.2, 0.25) is 5.91 Å². The van der Waals surface area contributed by atoms with E-state index in [0.29, 0.717) is 22.0 Å². The Bertz CT molecular complexity index is 762. The molecule has 24 heavy (non-hydrogen) atoms. The van der Waals surface area contributed by atoms with Crippen LogP contribution < -0.4 is 10.1 Å². The molecule has 0 atom stereocenters. The summed E-state index contributed by atoms with van der Waals surface area (Å²) in [5.41, 5.74) is 1.92. The molecule has 2 aromatic carbocycles. The summed E-state index contributed by atoms with van der Waals surface area (Å²) in [5, 5.41) is 3.14. The summed E-state index contributed by atoms with van der Waals surface area (Å²) in [5.74, 6) is 0.0513. The maximum atomic E-state index is 12.4. The van der Waals surface area contributed by atoms with Gasteiger partial charge in [-0.05, 0) is 36.8 Å². The molecule has 2 amide bonds. The van der Waals surface area contributed by atoms with Crippen molar-refractivity contribution in [3.8, 4) is 5.75 Å². The van der Waals surface area contributed by atoms with Gasteiger partial charge in [-0.25, -0.2) is 0 Å². The molecule has 0 fully saturated rings. The maximum absolute atomic E-state index is 12.4. The SMILES string of the molecule is COc1cc(C(=O)N(C)CC(=O)Nc2ccccc2Cl)ccc1C. The fraction of sp³-hybridized carbons (Fsp3) is 0.222. The summed E-state index contributed by atoms with van der Waals surface area (Å²) in [6, 6.07) is 12.1. The van der Waals surface area contributed by atoms with Crippen molar-refractivity contribution >= 4 is 29.1 Å². The Morgan fingerprint density at radius 1 is 1.21 bits per heavy atom. The molecule has 2 aromatic rings. The minimum Gasteiger partial charge on any atom is -0.496 e. The summed E-state index contributed by atoms with van der Waals surface area (Å²) in [4.78, 5) is 25.9. The lowest BCUT2D eigenvalue weighted by Gasteiger charge is -2.18. The number of methoxy groups -OCH3 is 1. The highest BCUT2D eigenvalue weighted by Gasteiger charge is 2.16. The molecule has 0 aliphatic carbocycles. The summed E-state index contributed by atoms with van der Waals surface area (Å²) in [6.07, 6.45) is 0. The number of carbonyl (C=O) groups is 2. The molecule has 6 heteroatoms. The predicted molar refractivity (Wildman–Crippen MR) is 94.8 cm³/mol. The minimum atomic E-state index is -0.321. The van der Waals surface area contributed by atoms with E-state index in [1.54, 1.807) is 50.6 Å². The van der Waals surface area contributed by atoms with E-state index >= 15 is 0 Å². The Balaban J connectivity index is 2.03. The van der Waals surface area contributed by atoms with Gasteiger partial charge in [-0.1, -0.05) is 29.8 Å². The number of rotatable bonds is 5. The number of carbonyl (C=O) groups excluding carboxylic acids is 2. The van der Waals surface area contributed by atoms with Crippen LogP contribution in [0.25, 0.3) is 0 Å². The van der Waals surface area contributed by atoms with Gasteiger partial charge in [0.15, 0.2) is 0 Å². The van der Waals surface area contributed by atoms with E-state index in [4.69, 9.17) is 16.3 Å². The highest BCUT2D eigenvalue weighted by atomic mass is 35.5. The molecule has 5 nitrogen and oxygen atoms in total. The standard InChI is InChI=1S/C18H19ClN2O3/c1-12-8-9-13(10-16(12)24-3)18(23)21(2)11-17(22)20-15-7-5-4-6-14(15)19/h4-10H,11H2,1-3H3,(H,20,22). The van der Waals surface area contributed by atoms with Crippen molar-refractivity contribution in [2.24, 2.45) is 0 Å². The molecule has 0 radical (unpaired) electrons. The normalized spacial score (nSPS) is 10.2. The van der Waals surface area contributed by atoms with Gasteiger partial charge in [0.25, 0.3) is 5.91 Å². The number of nitrogens with zero attached hydrogens (tertiary/aromatic N) is 1. The molecule has 0 heterocycles. The van der Waals surface area contributed by atoms with Crippen molar-refractivity contribution in [2.75, 3.05) is 26.0 Å². The first-order chi connectivity index (χ1) is 11.4. The number of ether oxygens (including phenoxy) is 1. The number of hydrogen-bond donors (Lipinski definition) is 1. The van der Waals surface area contributed by atoms with Crippen molar-refractivity contribution in [3.05, 3.63) is 58.6 Å². The van der Waals surface area contributed by atoms with E-state index in [2.05, 4.69) is 5.32 Å². The van der Waals surface area contributed by atoms with Gasteiger partial charge in [0.05, 0.1) is 24.4 Å². The number of hydrogen-bond acceptors (Lipinski definition) is 3. The number of amides is 2. The quantitative estimate of drug-likeness (QED) is 0.903. The Kier molecular flexibility index (Phi) is 5.82. The fourth-order valence-electron chi connectivity index (χ4n) is 2.21. The van der Waals surface area contributed by atoms with Crippen LogP contribution in [-0.4, -0.2) is 37.4 Å². The molecule has 0 bridgehead atoms. The van der Waals surface area contributed by atoms with E-state index in [1.807, 2.05) is 13.0 Å². The number of anilines is 1. The molecule has 0 saturated heterocycles. The first kappa shape index (κ1) is 17.8. The van der Waals surface area contributed by atoms with E-state index < -0.39 is 0 Å². The average Bonchev–Trinajstić information content (AvgIpc) is 2.56. The monoisotopic (exact) mass is 346 g/mol. The third kappa shape index (κ3) is 4.26. The van der Waals surface area contributed by atoms with E-state index in [0.717, 1.165) is 5.56 Å². The molecular formula is C18H19ClN2O3. The topological polar surface area (TPSA) is 58.6 Å². The Morgan fingerprint density at radius 3 is 2.58 bits per heavy atom. The lowest BCUT2D eigenvalue weighted by molar-refractivity contribution is -0.116. The van der Waals surface area contributed by atoms with E-state index in [9.17, 15) is 9.59 Å². The van der Waals surface area contributed by atoms with Crippen LogP contribution in [0, 0.1) is 6.92 Å². The summed E-state index contributed by atoms with van der Waals surface area (Å²) in [7, 11) is 3.12. The molecule has 126 valence electrons. The van der Waals surface area contributed by atoms with Crippen LogP contribution in [0.2, 0.25) is 5.02 Å². The number of para-hydroxylation sites is 1. The Morgan fingerprint density at radius 2 is 1.92 bits per heavy atom. The third-order valence-electron chi connectivity index (χ3n) is 3.53. The van der Waals surface area contributed by atoms with Gasteiger partial charge in [-0.2, -0.15) is 0 Å². The van der Waals surface area contributed by atoms with Gasteiger partial charge in [-0.15, -0.1) is 0 Å². The molecule has 0 aliphatic heterocycles. The van der Waals surface area contributed by atoms with Crippen molar-refractivity contribution in [3.63, 3.8) is 0 Å². The number of halogens is 1. The van der Waals surface area contributed by atoms with Crippen LogP contribution in [-0.2, 0) is 4.79 Å². The zero-order valence-corrected chi connectivity index (χ0v) is 14.6. The van der Waals surface area contributed by atoms with Gasteiger partial charge in [-0.3, -0.25) is 9.59 Å². The second kappa shape index (κ2) is 7.84. The highest BCUT2D eigenvalue weighted by molar-refractivity contribution is 6.33. The van der Waals surface area contributed by atoms with Crippen molar-refractivity contribution in [1.29, 1.82) is 0 Å². The van der Waals surface area contributed by atoms with Crippen LogP contribution in [0.5, 0.6) is 5.75 Å². The smallest absolute Gasteiger partial charge is 0.254 e. The molecule has 0 aliphatic rings. The van der Waals surface area contributed by atoms with Crippen molar-refractivity contribution < 1.29 is 14.3 Å². The Hall–Kier alpha value is -2.53. The number of likely N-dealkylation sites (N-methyl/N-ethyl adjacent to an activating group) is 1. The first-order valence-corrected chi connectivity index (χ1v) is 7.74. The second-order valence-electron chi connectivity index (χ2n) is 5.37. The number of nitrogens with one attached hydrogen (secondary N) is 1. The van der Waals surface area contributed by atoms with Gasteiger partial charge in [0, 0.05) is 12.6 Å². The van der Waals surface area contributed by atoms with E-state index in [-0.39, 0.29) is 18.4 Å². The molecule has 2 rings (SSSR count). The third-order valence-corrected chi connectivity index (χ3v) is 3.86. The molecule has 0 saturated carbocycles. The number of aryl methyl sites for hydroxylation is 1. The molecule has 1 N–H and O–H groups in total. The van der Waals surface area contributed by atoms with Crippen molar-refractivity contribution in [1.82, 2.24) is 4.90 Å². The molecule has 0 aromatic heterocycles. The Labute approximate surface area is 146 Å². The largest absolute Gasteiger partial charge is 0.496 e. The van der Waals surface area contributed by atoms with Crippen LogP contribution >= 0.6 is 11.6 Å². The lowest BCUT2D eigenvalue weighted by Crippen LogP contribution is -2.35. The van der Waals surface area contributed by atoms with Crippen LogP contribution in [0.1, 0.15) is 15.9 Å². The molecule has 0 spiro atoms. The van der Waals surface area contributed by atoms with Gasteiger partial charge >= 0.3 is 0 Å². The number of benzene rings is 2. The summed E-state index contributed by atoms with van der Waals surface area (Å²) in [6.45, 7) is 1.81.